The molecule has 0 N–H and O–H groups in total. The maximum absolute atomic E-state index is 12.7. The molecule has 2 aliphatic heterocycles. The summed E-state index contributed by atoms with van der Waals surface area (Å²) >= 11 is 0. The average molecular weight is 370 g/mol. The van der Waals surface area contributed by atoms with Crippen LogP contribution in [0.5, 0.6) is 0 Å². The van der Waals surface area contributed by atoms with Crippen LogP contribution in [0.1, 0.15) is 50.5 Å². The molecule has 2 heterocycles. The predicted molar refractivity (Wildman–Crippen MR) is 104 cm³/mol. The van der Waals surface area contributed by atoms with Crippen LogP contribution >= 0.6 is 0 Å². The Balaban J connectivity index is 1.49. The van der Waals surface area contributed by atoms with Gasteiger partial charge in [-0.05, 0) is 37.7 Å². The minimum Gasteiger partial charge on any atom is -0.340 e. The normalized spacial score (nSPS) is 21.0. The molecule has 2 aliphatic rings. The standard InChI is InChI=1S/C22H30N2O3/c25-20(13-12-18-8-3-1-4-9-18)19-10-7-15-23(16-19)22(27)17-24-14-6-2-5-11-21(24)26/h1,3-4,8-9,19H,2,5-7,10-17H2/t19-/m0/s1. The molecule has 0 unspecified atom stereocenters. The summed E-state index contributed by atoms with van der Waals surface area (Å²) in [6.45, 7) is 2.05. The van der Waals surface area contributed by atoms with E-state index in [0.717, 1.165) is 38.5 Å². The first kappa shape index (κ1) is 19.6. The number of piperidine rings is 1. The molecule has 3 rings (SSSR count). The largest absolute Gasteiger partial charge is 0.340 e. The number of rotatable bonds is 6. The summed E-state index contributed by atoms with van der Waals surface area (Å²) in [5, 5.41) is 0. The summed E-state index contributed by atoms with van der Waals surface area (Å²) < 4.78 is 0. The van der Waals surface area contributed by atoms with E-state index in [1.807, 2.05) is 30.3 Å². The number of ketones is 1. The van der Waals surface area contributed by atoms with Crippen molar-refractivity contribution in [2.75, 3.05) is 26.2 Å². The summed E-state index contributed by atoms with van der Waals surface area (Å²) in [6, 6.07) is 10.0. The van der Waals surface area contributed by atoms with Crippen molar-refractivity contribution in [3.05, 3.63) is 35.9 Å². The van der Waals surface area contributed by atoms with Crippen molar-refractivity contribution in [3.8, 4) is 0 Å². The van der Waals surface area contributed by atoms with Gasteiger partial charge in [-0.15, -0.1) is 0 Å². The Hall–Kier alpha value is -2.17. The quantitative estimate of drug-likeness (QED) is 0.774. The highest BCUT2D eigenvalue weighted by Crippen LogP contribution is 2.20. The fourth-order valence-corrected chi connectivity index (χ4v) is 4.05. The lowest BCUT2D eigenvalue weighted by Gasteiger charge is -2.33. The minimum absolute atomic E-state index is 0.00851. The highest BCUT2D eigenvalue weighted by atomic mass is 16.2. The van der Waals surface area contributed by atoms with E-state index >= 15 is 0 Å². The highest BCUT2D eigenvalue weighted by Gasteiger charge is 2.29. The van der Waals surface area contributed by atoms with Crippen molar-refractivity contribution in [3.63, 3.8) is 0 Å². The summed E-state index contributed by atoms with van der Waals surface area (Å²) in [5.74, 6) is 0.271. The Labute approximate surface area is 161 Å². The topological polar surface area (TPSA) is 57.7 Å². The summed E-state index contributed by atoms with van der Waals surface area (Å²) in [7, 11) is 0. The zero-order valence-electron chi connectivity index (χ0n) is 16.1. The van der Waals surface area contributed by atoms with E-state index < -0.39 is 0 Å². The molecule has 1 aromatic carbocycles. The third-order valence-electron chi connectivity index (χ3n) is 5.73. The molecule has 0 aromatic heterocycles. The SMILES string of the molecule is O=C(CCc1ccccc1)[C@H]1CCCN(C(=O)CN2CCCCCC2=O)C1. The molecule has 0 aliphatic carbocycles. The van der Waals surface area contributed by atoms with Gasteiger partial charge in [0.2, 0.25) is 11.8 Å². The lowest BCUT2D eigenvalue weighted by atomic mass is 9.90. The van der Waals surface area contributed by atoms with Gasteiger partial charge < -0.3 is 9.80 Å². The van der Waals surface area contributed by atoms with E-state index in [-0.39, 0.29) is 30.1 Å². The van der Waals surface area contributed by atoms with Crippen molar-refractivity contribution in [1.29, 1.82) is 0 Å². The van der Waals surface area contributed by atoms with Gasteiger partial charge in [0.05, 0.1) is 6.54 Å². The maximum atomic E-state index is 12.7. The van der Waals surface area contributed by atoms with Gasteiger partial charge in [0.25, 0.3) is 0 Å². The van der Waals surface area contributed by atoms with E-state index in [1.165, 1.54) is 5.56 Å². The second-order valence-electron chi connectivity index (χ2n) is 7.76. The van der Waals surface area contributed by atoms with Gasteiger partial charge in [-0.1, -0.05) is 36.8 Å². The number of carbonyl (C=O) groups excluding carboxylic acids is 3. The van der Waals surface area contributed by atoms with Crippen molar-refractivity contribution >= 4 is 17.6 Å². The number of amides is 2. The second-order valence-corrected chi connectivity index (χ2v) is 7.76. The van der Waals surface area contributed by atoms with Crippen molar-refractivity contribution in [2.24, 2.45) is 5.92 Å². The highest BCUT2D eigenvalue weighted by molar-refractivity contribution is 5.86. The predicted octanol–water partition coefficient (Wildman–Crippen LogP) is 2.83. The molecule has 0 spiro atoms. The summed E-state index contributed by atoms with van der Waals surface area (Å²) in [4.78, 5) is 40.9. The van der Waals surface area contributed by atoms with Crippen LogP contribution < -0.4 is 0 Å². The molecule has 5 heteroatoms. The number of nitrogens with zero attached hydrogens (tertiary/aromatic N) is 2. The van der Waals surface area contributed by atoms with E-state index in [1.54, 1.807) is 9.80 Å². The first-order valence-electron chi connectivity index (χ1n) is 10.3. The van der Waals surface area contributed by atoms with Gasteiger partial charge in [0, 0.05) is 38.4 Å². The molecule has 0 bridgehead atoms. The molecule has 1 aromatic rings. The molecule has 2 fully saturated rings. The lowest BCUT2D eigenvalue weighted by Crippen LogP contribution is -2.47. The molecule has 0 radical (unpaired) electrons. The monoisotopic (exact) mass is 370 g/mol. The number of hydrogen-bond donors (Lipinski definition) is 0. The van der Waals surface area contributed by atoms with Crippen LogP contribution in [0.2, 0.25) is 0 Å². The zero-order valence-corrected chi connectivity index (χ0v) is 16.1. The van der Waals surface area contributed by atoms with Crippen LogP contribution in [0, 0.1) is 5.92 Å². The second kappa shape index (κ2) is 9.67. The smallest absolute Gasteiger partial charge is 0.242 e. The van der Waals surface area contributed by atoms with Crippen LogP contribution in [0.4, 0.5) is 0 Å². The number of hydrogen-bond acceptors (Lipinski definition) is 3. The summed E-state index contributed by atoms with van der Waals surface area (Å²) in [6.07, 6.45) is 6.51. The molecule has 146 valence electrons. The van der Waals surface area contributed by atoms with Gasteiger partial charge in [-0.25, -0.2) is 0 Å². The molecule has 0 saturated carbocycles. The number of benzene rings is 1. The molecule has 2 amide bonds. The van der Waals surface area contributed by atoms with Crippen molar-refractivity contribution in [1.82, 2.24) is 9.80 Å². The van der Waals surface area contributed by atoms with Gasteiger partial charge in [-0.3, -0.25) is 14.4 Å². The van der Waals surface area contributed by atoms with Crippen LogP contribution in [0.3, 0.4) is 0 Å². The molecule has 27 heavy (non-hydrogen) atoms. The maximum Gasteiger partial charge on any atom is 0.242 e. The van der Waals surface area contributed by atoms with E-state index in [4.69, 9.17) is 0 Å². The van der Waals surface area contributed by atoms with Gasteiger partial charge in [0.1, 0.15) is 5.78 Å². The van der Waals surface area contributed by atoms with E-state index in [0.29, 0.717) is 32.5 Å². The van der Waals surface area contributed by atoms with Gasteiger partial charge >= 0.3 is 0 Å². The Morgan fingerprint density at radius 2 is 1.81 bits per heavy atom. The van der Waals surface area contributed by atoms with E-state index in [9.17, 15) is 14.4 Å². The number of carbonyl (C=O) groups is 3. The fourth-order valence-electron chi connectivity index (χ4n) is 4.05. The van der Waals surface area contributed by atoms with Crippen LogP contribution in [-0.4, -0.2) is 53.6 Å². The van der Waals surface area contributed by atoms with Gasteiger partial charge in [-0.2, -0.15) is 0 Å². The van der Waals surface area contributed by atoms with Gasteiger partial charge in [0.15, 0.2) is 0 Å². The zero-order chi connectivity index (χ0) is 19.1. The summed E-state index contributed by atoms with van der Waals surface area (Å²) in [5.41, 5.74) is 1.18. The van der Waals surface area contributed by atoms with Crippen molar-refractivity contribution in [2.45, 2.75) is 51.4 Å². The molecule has 1 atom stereocenters. The molecule has 2 saturated heterocycles. The average Bonchev–Trinajstić information content (AvgIpc) is 2.91. The fraction of sp³-hybridized carbons (Fsp3) is 0.591. The molecule has 5 nitrogen and oxygen atoms in total. The van der Waals surface area contributed by atoms with E-state index in [2.05, 4.69) is 0 Å². The third kappa shape index (κ3) is 5.65. The van der Waals surface area contributed by atoms with Crippen LogP contribution in [0.15, 0.2) is 30.3 Å². The Morgan fingerprint density at radius 3 is 2.63 bits per heavy atom. The first-order chi connectivity index (χ1) is 13.1. The molecular formula is C22H30N2O3. The van der Waals surface area contributed by atoms with Crippen LogP contribution in [0.25, 0.3) is 0 Å². The Morgan fingerprint density at radius 1 is 1.00 bits per heavy atom. The first-order valence-corrected chi connectivity index (χ1v) is 10.3. The van der Waals surface area contributed by atoms with Crippen LogP contribution in [-0.2, 0) is 20.8 Å². The molecular weight excluding hydrogens is 340 g/mol. The number of likely N-dealkylation sites (tertiary alicyclic amines) is 2. The Kier molecular flexibility index (Phi) is 7.02. The third-order valence-corrected chi connectivity index (χ3v) is 5.73. The van der Waals surface area contributed by atoms with Crippen molar-refractivity contribution < 1.29 is 14.4 Å². The number of Topliss-reactive ketones (excluding diaryl/α,β-unsaturated/α-hetero) is 1. The minimum atomic E-state index is -0.0637. The lowest BCUT2D eigenvalue weighted by molar-refractivity contribution is -0.142. The number of aryl methyl sites for hydroxylation is 1. The Bertz CT molecular complexity index is 659.